The van der Waals surface area contributed by atoms with E-state index in [1.807, 2.05) is 0 Å². The molecule has 120 valence electrons. The quantitative estimate of drug-likeness (QED) is 0.601. The molecule has 0 heterocycles. The van der Waals surface area contributed by atoms with Gasteiger partial charge in [0, 0.05) is 11.1 Å². The number of carbonyl (C=O) groups excluding carboxylic acids is 2. The highest BCUT2D eigenvalue weighted by molar-refractivity contribution is 6.19. The van der Waals surface area contributed by atoms with Crippen LogP contribution in [0.3, 0.4) is 0 Å². The summed E-state index contributed by atoms with van der Waals surface area (Å²) in [5, 5.41) is 0. The van der Waals surface area contributed by atoms with Gasteiger partial charge in [-0.3, -0.25) is 9.59 Å². The predicted molar refractivity (Wildman–Crippen MR) is 88.4 cm³/mol. The molecular formula is C19H20O4. The van der Waals surface area contributed by atoms with E-state index in [0.717, 1.165) is 0 Å². The van der Waals surface area contributed by atoms with Crippen LogP contribution in [0.25, 0.3) is 0 Å². The van der Waals surface area contributed by atoms with Crippen LogP contribution in [0.15, 0.2) is 48.5 Å². The fraction of sp³-hybridized carbons (Fsp3) is 0.263. The lowest BCUT2D eigenvalue weighted by Gasteiger charge is -2.22. The fourth-order valence-electron chi connectivity index (χ4n) is 2.31. The summed E-state index contributed by atoms with van der Waals surface area (Å²) in [6, 6.07) is 13.5. The average Bonchev–Trinajstić information content (AvgIpc) is 2.60. The minimum Gasteiger partial charge on any atom is -0.497 e. The molecule has 4 heteroatoms. The number of rotatable bonds is 6. The minimum atomic E-state index is -1.15. The normalized spacial score (nSPS) is 11.0. The third-order valence-electron chi connectivity index (χ3n) is 3.84. The molecule has 2 aromatic carbocycles. The summed E-state index contributed by atoms with van der Waals surface area (Å²) in [5.41, 5.74) is -0.182. The summed E-state index contributed by atoms with van der Waals surface area (Å²) < 4.78 is 10.2. The van der Waals surface area contributed by atoms with Gasteiger partial charge in [-0.05, 0) is 62.4 Å². The molecule has 0 saturated heterocycles. The van der Waals surface area contributed by atoms with Crippen molar-refractivity contribution in [3.05, 3.63) is 59.7 Å². The van der Waals surface area contributed by atoms with Gasteiger partial charge in [-0.25, -0.2) is 0 Å². The molecule has 2 aromatic rings. The summed E-state index contributed by atoms with van der Waals surface area (Å²) in [6.07, 6.45) is 0. The number of hydrogen-bond acceptors (Lipinski definition) is 4. The number of ketones is 2. The van der Waals surface area contributed by atoms with Crippen LogP contribution in [0.1, 0.15) is 34.6 Å². The summed E-state index contributed by atoms with van der Waals surface area (Å²) in [4.78, 5) is 25.4. The van der Waals surface area contributed by atoms with Crippen LogP contribution in [-0.4, -0.2) is 25.8 Å². The standard InChI is InChI=1S/C19H20O4/c1-19(2,17(20)13-5-9-15(22-3)10-6-13)18(21)14-7-11-16(23-4)12-8-14/h5-12H,1-4H3. The monoisotopic (exact) mass is 312 g/mol. The first-order valence-electron chi connectivity index (χ1n) is 7.28. The molecule has 4 nitrogen and oxygen atoms in total. The smallest absolute Gasteiger partial charge is 0.176 e. The van der Waals surface area contributed by atoms with Crippen molar-refractivity contribution in [2.24, 2.45) is 5.41 Å². The highest BCUT2D eigenvalue weighted by Gasteiger charge is 2.37. The molecule has 0 unspecified atom stereocenters. The largest absolute Gasteiger partial charge is 0.497 e. The molecule has 2 rings (SSSR count). The molecule has 0 aliphatic carbocycles. The second-order valence-electron chi connectivity index (χ2n) is 5.74. The van der Waals surface area contributed by atoms with E-state index in [-0.39, 0.29) is 11.6 Å². The molecule has 0 radical (unpaired) electrons. The van der Waals surface area contributed by atoms with E-state index in [4.69, 9.17) is 9.47 Å². The zero-order valence-corrected chi connectivity index (χ0v) is 13.8. The maximum atomic E-state index is 12.7. The molecule has 0 saturated carbocycles. The van der Waals surface area contributed by atoms with Crippen molar-refractivity contribution in [1.29, 1.82) is 0 Å². The Morgan fingerprint density at radius 2 is 1.00 bits per heavy atom. The van der Waals surface area contributed by atoms with E-state index in [1.54, 1.807) is 76.6 Å². The lowest BCUT2D eigenvalue weighted by molar-refractivity contribution is 0.0711. The number of ether oxygens (including phenoxy) is 2. The molecule has 0 fully saturated rings. The van der Waals surface area contributed by atoms with Crippen molar-refractivity contribution < 1.29 is 19.1 Å². The highest BCUT2D eigenvalue weighted by Crippen LogP contribution is 2.28. The Morgan fingerprint density at radius 1 is 0.696 bits per heavy atom. The van der Waals surface area contributed by atoms with Crippen LogP contribution in [0.2, 0.25) is 0 Å². The van der Waals surface area contributed by atoms with Crippen molar-refractivity contribution in [3.63, 3.8) is 0 Å². The van der Waals surface area contributed by atoms with Gasteiger partial charge in [0.25, 0.3) is 0 Å². The average molecular weight is 312 g/mol. The van der Waals surface area contributed by atoms with Crippen LogP contribution in [0.5, 0.6) is 11.5 Å². The second kappa shape index (κ2) is 6.65. The summed E-state index contributed by atoms with van der Waals surface area (Å²) in [5.74, 6) is 0.892. The van der Waals surface area contributed by atoms with Gasteiger partial charge in [0.2, 0.25) is 0 Å². The zero-order valence-electron chi connectivity index (χ0n) is 13.8. The topological polar surface area (TPSA) is 52.6 Å². The number of benzene rings is 2. The Balaban J connectivity index is 2.27. The second-order valence-corrected chi connectivity index (χ2v) is 5.74. The summed E-state index contributed by atoms with van der Waals surface area (Å²) in [6.45, 7) is 3.29. The molecule has 0 aliphatic heterocycles. The Morgan fingerprint density at radius 3 is 1.26 bits per heavy atom. The third kappa shape index (κ3) is 3.42. The molecule has 0 bridgehead atoms. The minimum absolute atomic E-state index is 0.221. The molecular weight excluding hydrogens is 292 g/mol. The first kappa shape index (κ1) is 16.7. The van der Waals surface area contributed by atoms with Crippen LogP contribution in [0.4, 0.5) is 0 Å². The molecule has 0 spiro atoms. The van der Waals surface area contributed by atoms with Gasteiger partial charge in [0.1, 0.15) is 11.5 Å². The van der Waals surface area contributed by atoms with Crippen molar-refractivity contribution in [2.45, 2.75) is 13.8 Å². The zero-order chi connectivity index (χ0) is 17.0. The number of hydrogen-bond donors (Lipinski definition) is 0. The van der Waals surface area contributed by atoms with E-state index in [9.17, 15) is 9.59 Å². The van der Waals surface area contributed by atoms with E-state index < -0.39 is 5.41 Å². The molecule has 0 aromatic heterocycles. The lowest BCUT2D eigenvalue weighted by atomic mass is 9.78. The predicted octanol–water partition coefficient (Wildman–Crippen LogP) is 3.80. The van der Waals surface area contributed by atoms with E-state index in [2.05, 4.69) is 0 Å². The van der Waals surface area contributed by atoms with Gasteiger partial charge in [-0.15, -0.1) is 0 Å². The van der Waals surface area contributed by atoms with E-state index >= 15 is 0 Å². The van der Waals surface area contributed by atoms with Crippen LogP contribution >= 0.6 is 0 Å². The Labute approximate surface area is 136 Å². The van der Waals surface area contributed by atoms with Crippen molar-refractivity contribution >= 4 is 11.6 Å². The van der Waals surface area contributed by atoms with Gasteiger partial charge in [0.05, 0.1) is 19.6 Å². The number of carbonyl (C=O) groups is 2. The first-order chi connectivity index (χ1) is 10.9. The van der Waals surface area contributed by atoms with Crippen LogP contribution in [-0.2, 0) is 0 Å². The number of Topliss-reactive ketones (excluding diaryl/α,β-unsaturated/α-hetero) is 2. The Kier molecular flexibility index (Phi) is 4.84. The summed E-state index contributed by atoms with van der Waals surface area (Å²) in [7, 11) is 3.13. The molecule has 0 atom stereocenters. The van der Waals surface area contributed by atoms with Gasteiger partial charge in [-0.2, -0.15) is 0 Å². The fourth-order valence-corrected chi connectivity index (χ4v) is 2.31. The third-order valence-corrected chi connectivity index (χ3v) is 3.84. The highest BCUT2D eigenvalue weighted by atomic mass is 16.5. The van der Waals surface area contributed by atoms with Crippen molar-refractivity contribution in [1.82, 2.24) is 0 Å². The van der Waals surface area contributed by atoms with Gasteiger partial charge < -0.3 is 9.47 Å². The molecule has 0 amide bonds. The first-order valence-corrected chi connectivity index (χ1v) is 7.28. The van der Waals surface area contributed by atoms with Gasteiger partial charge >= 0.3 is 0 Å². The van der Waals surface area contributed by atoms with Gasteiger partial charge in [0.15, 0.2) is 11.6 Å². The van der Waals surface area contributed by atoms with Gasteiger partial charge in [-0.1, -0.05) is 0 Å². The molecule has 0 aliphatic rings. The maximum absolute atomic E-state index is 12.7. The van der Waals surface area contributed by atoms with Crippen LogP contribution < -0.4 is 9.47 Å². The van der Waals surface area contributed by atoms with Crippen molar-refractivity contribution in [3.8, 4) is 11.5 Å². The Hall–Kier alpha value is -2.62. The van der Waals surface area contributed by atoms with E-state index in [0.29, 0.717) is 22.6 Å². The van der Waals surface area contributed by atoms with E-state index in [1.165, 1.54) is 0 Å². The van der Waals surface area contributed by atoms with Crippen molar-refractivity contribution in [2.75, 3.05) is 14.2 Å². The van der Waals surface area contributed by atoms with Crippen LogP contribution in [0, 0.1) is 5.41 Å². The Bertz CT molecular complexity index is 636. The lowest BCUT2D eigenvalue weighted by Crippen LogP contribution is -2.33. The SMILES string of the molecule is COc1ccc(C(=O)C(C)(C)C(=O)c2ccc(OC)cc2)cc1. The molecule has 23 heavy (non-hydrogen) atoms. The number of methoxy groups -OCH3 is 2. The summed E-state index contributed by atoms with van der Waals surface area (Å²) >= 11 is 0. The maximum Gasteiger partial charge on any atom is 0.176 e. The molecule has 0 N–H and O–H groups in total.